The van der Waals surface area contributed by atoms with Crippen molar-refractivity contribution >= 4 is 38.1 Å². The quantitative estimate of drug-likeness (QED) is 0.620. The molecular formula is C19H17N3O5S2. The molecule has 0 fully saturated rings. The summed E-state index contributed by atoms with van der Waals surface area (Å²) in [6.45, 7) is 2.35. The largest absolute Gasteiger partial charge is 0.494 e. The maximum absolute atomic E-state index is 12.6. The fraction of sp³-hybridized carbons (Fsp3) is 0.158. The monoisotopic (exact) mass is 431 g/mol. The number of nitrogens with one attached hydrogen (secondary N) is 2. The summed E-state index contributed by atoms with van der Waals surface area (Å²) in [7, 11) is -3.77. The van der Waals surface area contributed by atoms with Crippen LogP contribution in [0.15, 0.2) is 52.7 Å². The first kappa shape index (κ1) is 19.2. The maximum atomic E-state index is 12.6. The fourth-order valence-electron chi connectivity index (χ4n) is 2.75. The first-order chi connectivity index (χ1) is 13.9. The van der Waals surface area contributed by atoms with Crippen LogP contribution in [0.3, 0.4) is 0 Å². The van der Waals surface area contributed by atoms with Crippen LogP contribution in [-0.4, -0.2) is 32.5 Å². The van der Waals surface area contributed by atoms with Gasteiger partial charge in [-0.15, -0.1) is 11.3 Å². The van der Waals surface area contributed by atoms with Gasteiger partial charge in [0, 0.05) is 10.9 Å². The van der Waals surface area contributed by atoms with Crippen molar-refractivity contribution in [1.82, 2.24) is 4.98 Å². The predicted octanol–water partition coefficient (Wildman–Crippen LogP) is 3.34. The van der Waals surface area contributed by atoms with Gasteiger partial charge in [0.1, 0.15) is 11.5 Å². The molecule has 0 spiro atoms. The number of ether oxygens (including phenoxy) is 2. The number of carbonyl (C=O) groups is 1. The van der Waals surface area contributed by atoms with Crippen molar-refractivity contribution in [2.75, 3.05) is 23.3 Å². The minimum Gasteiger partial charge on any atom is -0.494 e. The Morgan fingerprint density at radius 1 is 1.24 bits per heavy atom. The van der Waals surface area contributed by atoms with E-state index in [1.807, 2.05) is 6.92 Å². The number of benzene rings is 2. The van der Waals surface area contributed by atoms with E-state index < -0.39 is 10.0 Å². The first-order valence-electron chi connectivity index (χ1n) is 8.73. The van der Waals surface area contributed by atoms with E-state index in [1.165, 1.54) is 23.5 Å². The van der Waals surface area contributed by atoms with Gasteiger partial charge in [0.05, 0.1) is 22.9 Å². The molecule has 1 aliphatic heterocycles. The van der Waals surface area contributed by atoms with E-state index in [0.717, 1.165) is 5.56 Å². The van der Waals surface area contributed by atoms with E-state index in [1.54, 1.807) is 35.7 Å². The van der Waals surface area contributed by atoms with E-state index in [0.29, 0.717) is 29.5 Å². The van der Waals surface area contributed by atoms with Gasteiger partial charge in [0.25, 0.3) is 15.9 Å². The Labute approximate surface area is 171 Å². The molecule has 29 heavy (non-hydrogen) atoms. The van der Waals surface area contributed by atoms with Crippen molar-refractivity contribution in [3.05, 3.63) is 47.8 Å². The second-order valence-electron chi connectivity index (χ2n) is 6.10. The third-order valence-corrected chi connectivity index (χ3v) is 6.32. The summed E-state index contributed by atoms with van der Waals surface area (Å²) in [5, 5.41) is 4.72. The predicted molar refractivity (Wildman–Crippen MR) is 110 cm³/mol. The van der Waals surface area contributed by atoms with E-state index in [4.69, 9.17) is 9.47 Å². The summed E-state index contributed by atoms with van der Waals surface area (Å²) in [5.74, 6) is 0.961. The Balaban J connectivity index is 1.53. The Kier molecular flexibility index (Phi) is 5.12. The van der Waals surface area contributed by atoms with Crippen LogP contribution in [0.4, 0.5) is 10.8 Å². The van der Waals surface area contributed by atoms with Crippen LogP contribution in [0, 0.1) is 0 Å². The van der Waals surface area contributed by atoms with Gasteiger partial charge in [-0.3, -0.25) is 9.52 Å². The minimum atomic E-state index is -3.77. The molecule has 10 heteroatoms. The molecule has 2 heterocycles. The van der Waals surface area contributed by atoms with Crippen LogP contribution in [0.2, 0.25) is 0 Å². The molecular weight excluding hydrogens is 414 g/mol. The van der Waals surface area contributed by atoms with E-state index >= 15 is 0 Å². The van der Waals surface area contributed by atoms with Crippen molar-refractivity contribution in [2.45, 2.75) is 11.8 Å². The van der Waals surface area contributed by atoms with Gasteiger partial charge < -0.3 is 14.8 Å². The number of carbonyl (C=O) groups excluding carboxylic acids is 1. The van der Waals surface area contributed by atoms with E-state index in [-0.39, 0.29) is 22.5 Å². The van der Waals surface area contributed by atoms with Crippen molar-refractivity contribution in [3.8, 4) is 22.8 Å². The topological polar surface area (TPSA) is 107 Å². The number of fused-ring (bicyclic) bond motifs is 1. The number of hydrogen-bond acceptors (Lipinski definition) is 7. The van der Waals surface area contributed by atoms with Crippen molar-refractivity contribution in [1.29, 1.82) is 0 Å². The molecule has 0 aliphatic carbocycles. The van der Waals surface area contributed by atoms with Crippen LogP contribution >= 0.6 is 11.3 Å². The number of amides is 1. The SMILES string of the molecule is CCOc1ccc(S(=O)(=O)Nc2nc(-c3ccc4c(c3)NC(=O)CO4)cs2)cc1. The second kappa shape index (κ2) is 7.72. The van der Waals surface area contributed by atoms with Gasteiger partial charge in [-0.1, -0.05) is 0 Å². The van der Waals surface area contributed by atoms with Crippen LogP contribution < -0.4 is 19.5 Å². The molecule has 1 aliphatic rings. The fourth-order valence-corrected chi connectivity index (χ4v) is 4.72. The maximum Gasteiger partial charge on any atom is 0.263 e. The third kappa shape index (κ3) is 4.17. The van der Waals surface area contributed by atoms with E-state index in [2.05, 4.69) is 15.0 Å². The van der Waals surface area contributed by atoms with E-state index in [9.17, 15) is 13.2 Å². The molecule has 4 rings (SSSR count). The highest BCUT2D eigenvalue weighted by molar-refractivity contribution is 7.93. The Bertz CT molecular complexity index is 1160. The molecule has 1 amide bonds. The highest BCUT2D eigenvalue weighted by atomic mass is 32.2. The number of rotatable bonds is 6. The second-order valence-corrected chi connectivity index (χ2v) is 8.64. The molecule has 150 valence electrons. The lowest BCUT2D eigenvalue weighted by Crippen LogP contribution is -2.25. The van der Waals surface area contributed by atoms with Crippen molar-refractivity contribution in [2.24, 2.45) is 0 Å². The number of thiazole rings is 1. The lowest BCUT2D eigenvalue weighted by Gasteiger charge is -2.18. The molecule has 0 saturated carbocycles. The molecule has 8 nitrogen and oxygen atoms in total. The lowest BCUT2D eigenvalue weighted by atomic mass is 10.1. The summed E-state index contributed by atoms with van der Waals surface area (Å²) >= 11 is 1.17. The molecule has 0 radical (unpaired) electrons. The zero-order valence-electron chi connectivity index (χ0n) is 15.3. The Morgan fingerprint density at radius 2 is 2.03 bits per heavy atom. The van der Waals surface area contributed by atoms with Gasteiger partial charge in [-0.05, 0) is 49.4 Å². The number of anilines is 2. The summed E-state index contributed by atoms with van der Waals surface area (Å²) in [6, 6.07) is 11.5. The van der Waals surface area contributed by atoms with Crippen LogP contribution in [0.25, 0.3) is 11.3 Å². The van der Waals surface area contributed by atoms with Gasteiger partial charge in [-0.25, -0.2) is 13.4 Å². The van der Waals surface area contributed by atoms with Crippen LogP contribution in [0.5, 0.6) is 11.5 Å². The van der Waals surface area contributed by atoms with Crippen LogP contribution in [-0.2, 0) is 14.8 Å². The molecule has 3 aromatic rings. The minimum absolute atomic E-state index is 0.0134. The first-order valence-corrected chi connectivity index (χ1v) is 11.1. The molecule has 0 bridgehead atoms. The Hall–Kier alpha value is -3.11. The zero-order valence-corrected chi connectivity index (χ0v) is 17.0. The summed E-state index contributed by atoms with van der Waals surface area (Å²) in [4.78, 5) is 16.0. The van der Waals surface area contributed by atoms with Gasteiger partial charge in [0.15, 0.2) is 11.7 Å². The van der Waals surface area contributed by atoms with Crippen LogP contribution in [0.1, 0.15) is 6.92 Å². The third-order valence-electron chi connectivity index (χ3n) is 4.08. The summed E-state index contributed by atoms with van der Waals surface area (Å²) < 4.78 is 38.3. The molecule has 2 aromatic carbocycles. The highest BCUT2D eigenvalue weighted by Gasteiger charge is 2.19. The molecule has 0 unspecified atom stereocenters. The lowest BCUT2D eigenvalue weighted by molar-refractivity contribution is -0.118. The Morgan fingerprint density at radius 3 is 2.79 bits per heavy atom. The number of hydrogen-bond donors (Lipinski definition) is 2. The number of sulfonamides is 1. The molecule has 1 aromatic heterocycles. The average molecular weight is 431 g/mol. The number of nitrogens with zero attached hydrogens (tertiary/aromatic N) is 1. The number of aromatic nitrogens is 1. The van der Waals surface area contributed by atoms with Crippen molar-refractivity contribution in [3.63, 3.8) is 0 Å². The van der Waals surface area contributed by atoms with Gasteiger partial charge >= 0.3 is 0 Å². The molecule has 0 atom stereocenters. The normalized spacial score (nSPS) is 13.2. The molecule has 0 saturated heterocycles. The average Bonchev–Trinajstić information content (AvgIpc) is 3.16. The van der Waals surface area contributed by atoms with Gasteiger partial charge in [-0.2, -0.15) is 0 Å². The summed E-state index contributed by atoms with van der Waals surface area (Å²) in [5.41, 5.74) is 1.88. The standard InChI is InChI=1S/C19H17N3O5S2/c1-2-26-13-4-6-14(7-5-13)29(24,25)22-19-21-16(11-28-19)12-3-8-17-15(9-12)20-18(23)10-27-17/h3-9,11H,2,10H2,1H3,(H,20,23)(H,21,22). The summed E-state index contributed by atoms with van der Waals surface area (Å²) in [6.07, 6.45) is 0. The molecule has 2 N–H and O–H groups in total. The van der Waals surface area contributed by atoms with Crippen molar-refractivity contribution < 1.29 is 22.7 Å². The van der Waals surface area contributed by atoms with Gasteiger partial charge in [0.2, 0.25) is 0 Å². The smallest absolute Gasteiger partial charge is 0.263 e. The zero-order chi connectivity index (χ0) is 20.4. The highest BCUT2D eigenvalue weighted by Crippen LogP contribution is 2.34.